The minimum atomic E-state index is -0.907. The molecule has 39 heavy (non-hydrogen) atoms. The van der Waals surface area contributed by atoms with Crippen molar-refractivity contribution in [2.75, 3.05) is 6.61 Å². The van der Waals surface area contributed by atoms with Gasteiger partial charge in [0.25, 0.3) is 0 Å². The van der Waals surface area contributed by atoms with Gasteiger partial charge in [-0.25, -0.2) is 10.5 Å². The lowest BCUT2D eigenvalue weighted by atomic mass is 10.00. The first-order valence-corrected chi connectivity index (χ1v) is 9.06. The summed E-state index contributed by atoms with van der Waals surface area (Å²) < 4.78 is 5.11. The highest BCUT2D eigenvalue weighted by molar-refractivity contribution is 5.69. The quantitative estimate of drug-likeness (QED) is 0.0582. The minimum Gasteiger partial charge on any atom is -0.465 e. The molecule has 0 aromatic carbocycles. The summed E-state index contributed by atoms with van der Waals surface area (Å²) in [6, 6.07) is 0. The van der Waals surface area contributed by atoms with Gasteiger partial charge in [0.05, 0.1) is 30.7 Å². The molecule has 0 spiro atoms. The number of carbonyl (C=O) groups is 1. The van der Waals surface area contributed by atoms with Crippen LogP contribution in [0.1, 0.15) is 142 Å². The number of rotatable bonds is 14. The second-order valence-electron chi connectivity index (χ2n) is 6.19. The van der Waals surface area contributed by atoms with Gasteiger partial charge in [-0.2, -0.15) is 0 Å². The molecule has 0 aliphatic carbocycles. The number of carbonyl (C=O) groups excluding carboxylic acids is 1. The number of allylic oxidation sites excluding steroid dienone is 1. The van der Waals surface area contributed by atoms with Crippen molar-refractivity contribution >= 4 is 5.97 Å². The fourth-order valence-corrected chi connectivity index (χ4v) is 2.09. The van der Waals surface area contributed by atoms with Gasteiger partial charge < -0.3 is 29.8 Å². The van der Waals surface area contributed by atoms with Gasteiger partial charge in [-0.15, -0.1) is 0 Å². The normalized spacial score (nSPS) is 11.8. The van der Waals surface area contributed by atoms with Crippen LogP contribution in [0, 0.1) is 5.92 Å². The van der Waals surface area contributed by atoms with Crippen LogP contribution in [0.5, 0.6) is 0 Å². The van der Waals surface area contributed by atoms with Crippen LogP contribution in [0.15, 0.2) is 23.7 Å². The first kappa shape index (κ1) is 83.2. The summed E-state index contributed by atoms with van der Waals surface area (Å²) in [5.74, 6) is -1.55. The highest BCUT2D eigenvalue weighted by Crippen LogP contribution is 2.23. The number of aliphatic hydroxyl groups is 3. The van der Waals surface area contributed by atoms with Crippen molar-refractivity contribution in [3.05, 3.63) is 23.7 Å². The number of esters is 1. The Kier molecular flexibility index (Phi) is 105. The highest BCUT2D eigenvalue weighted by atomic mass is 17.1. The Morgan fingerprint density at radius 1 is 0.641 bits per heavy atom. The molecule has 0 radical (unpaired) electrons. The number of ether oxygens (including phenoxy) is 1. The number of aliphatic hydroxyl groups excluding tert-OH is 3. The maximum Gasteiger partial charge on any atom is 0.308 e. The second kappa shape index (κ2) is 49.3. The number of hydrogen-bond donors (Lipinski definition) is 5. The topological polar surface area (TPSA) is 146 Å². The van der Waals surface area contributed by atoms with E-state index in [0.717, 1.165) is 0 Å². The van der Waals surface area contributed by atoms with Gasteiger partial charge >= 0.3 is 5.97 Å². The highest BCUT2D eigenvalue weighted by Gasteiger charge is 2.24. The summed E-state index contributed by atoms with van der Waals surface area (Å²) in [6.07, 6.45) is 0.809. The van der Waals surface area contributed by atoms with Crippen LogP contribution in [-0.4, -0.2) is 56.7 Å². The average Bonchev–Trinajstić information content (AvgIpc) is 2.67. The zero-order valence-corrected chi connectivity index (χ0v) is 16.1. The molecule has 0 aliphatic rings. The van der Waals surface area contributed by atoms with E-state index in [1.165, 1.54) is 12.2 Å². The molecule has 0 saturated carbocycles. The molecule has 0 bridgehead atoms. The van der Waals surface area contributed by atoms with Gasteiger partial charge in [0, 0.05) is 6.42 Å². The molecule has 0 aliphatic heterocycles. The summed E-state index contributed by atoms with van der Waals surface area (Å²) in [6.45, 7) is 4.91. The summed E-state index contributed by atoms with van der Waals surface area (Å²) >= 11 is 0. The molecule has 0 fully saturated rings. The average molecular weight is 585 g/mol. The van der Waals surface area contributed by atoms with Crippen molar-refractivity contribution in [2.45, 2.75) is 160 Å². The zero-order chi connectivity index (χ0) is 20.8. The molecule has 0 rings (SSSR count). The van der Waals surface area contributed by atoms with Crippen LogP contribution in [0.25, 0.3) is 0 Å². The smallest absolute Gasteiger partial charge is 0.308 e. The third-order valence-corrected chi connectivity index (χ3v) is 3.96. The molecule has 0 amide bonds. The maximum atomic E-state index is 11.8. The molecule has 0 aromatic heterocycles. The van der Waals surface area contributed by atoms with Crippen molar-refractivity contribution in [1.82, 2.24) is 0 Å². The van der Waals surface area contributed by atoms with E-state index in [1.807, 2.05) is 0 Å². The van der Waals surface area contributed by atoms with Gasteiger partial charge in [-0.05, 0) is 31.4 Å². The Morgan fingerprint density at radius 2 is 1.05 bits per heavy atom. The van der Waals surface area contributed by atoms with E-state index < -0.39 is 30.2 Å². The van der Waals surface area contributed by atoms with E-state index in [1.54, 1.807) is 20.8 Å². The molecule has 9 nitrogen and oxygen atoms in total. The Hall–Kier alpha value is -1.65. The SMILES string of the molecule is C.C.C.C.C.C.C.C.C.C.C.C.CCC(O)/C=C(/CC(COC(=O)CC(O)CC)/C(=C/C(O)CC)OO)OO. The molecule has 0 saturated heterocycles. The van der Waals surface area contributed by atoms with E-state index in [2.05, 4.69) is 9.78 Å². The lowest BCUT2D eigenvalue weighted by molar-refractivity contribution is -0.222. The van der Waals surface area contributed by atoms with Crippen LogP contribution in [0.2, 0.25) is 0 Å². The van der Waals surface area contributed by atoms with Crippen LogP contribution < -0.4 is 0 Å². The molecular weight excluding hydrogens is 504 g/mol. The van der Waals surface area contributed by atoms with Crippen molar-refractivity contribution in [1.29, 1.82) is 0 Å². The first-order valence-electron chi connectivity index (χ1n) is 9.06. The largest absolute Gasteiger partial charge is 0.465 e. The summed E-state index contributed by atoms with van der Waals surface area (Å²) in [5, 5.41) is 47.2. The van der Waals surface area contributed by atoms with E-state index in [0.29, 0.717) is 19.3 Å². The van der Waals surface area contributed by atoms with Crippen molar-refractivity contribution in [3.63, 3.8) is 0 Å². The predicted octanol–water partition coefficient (Wildman–Crippen LogP) is 9.62. The molecular formula is C30H80O9. The van der Waals surface area contributed by atoms with Crippen molar-refractivity contribution in [2.24, 2.45) is 5.92 Å². The minimum absolute atomic E-state index is 0. The molecule has 0 heterocycles. The van der Waals surface area contributed by atoms with Crippen LogP contribution in [-0.2, 0) is 19.3 Å². The van der Waals surface area contributed by atoms with E-state index in [4.69, 9.17) is 9.99 Å². The van der Waals surface area contributed by atoms with Gasteiger partial charge in [-0.1, -0.05) is 110 Å². The number of hydrogen-bond acceptors (Lipinski definition) is 9. The monoisotopic (exact) mass is 585 g/mol. The van der Waals surface area contributed by atoms with Gasteiger partial charge in [0.1, 0.15) is 18.1 Å². The molecule has 5 N–H and O–H groups in total. The molecule has 254 valence electrons. The molecule has 4 atom stereocenters. The molecule has 9 heteroatoms. The predicted molar refractivity (Wildman–Crippen MR) is 177 cm³/mol. The van der Waals surface area contributed by atoms with E-state index in [-0.39, 0.29) is 120 Å². The molecule has 0 aromatic rings. The molecule has 4 unspecified atom stereocenters. The zero-order valence-electron chi connectivity index (χ0n) is 16.1. The fourth-order valence-electron chi connectivity index (χ4n) is 2.09. The second-order valence-corrected chi connectivity index (χ2v) is 6.19. The fraction of sp³-hybridized carbons (Fsp3) is 0.833. The van der Waals surface area contributed by atoms with Crippen molar-refractivity contribution < 1.29 is 45.1 Å². The van der Waals surface area contributed by atoms with Gasteiger partial charge in [-0.3, -0.25) is 4.79 Å². The Morgan fingerprint density at radius 3 is 1.38 bits per heavy atom. The maximum absolute atomic E-state index is 11.8. The Bertz CT molecular complexity index is 481. The van der Waals surface area contributed by atoms with Gasteiger partial charge in [0.15, 0.2) is 0 Å². The standard InChI is InChI=1S/C18H32O9.12CH4/c1-4-13(19)8-16(26-23)7-12(17(27-24)9-14(20)5-2)11-25-18(22)10-15(21)6-3;;;;;;;;;;;;/h8-9,12-15,19-21,23-24H,4-7,10-11H2,1-3H3;12*1H4/b16-8-,17-9-;;;;;;;;;;;;. The third-order valence-electron chi connectivity index (χ3n) is 3.96. The van der Waals surface area contributed by atoms with Crippen LogP contribution in [0.4, 0.5) is 0 Å². The first-order chi connectivity index (χ1) is 12.8. The third kappa shape index (κ3) is 38.6. The van der Waals surface area contributed by atoms with Crippen molar-refractivity contribution in [3.8, 4) is 0 Å². The van der Waals surface area contributed by atoms with E-state index in [9.17, 15) is 25.4 Å². The lowest BCUT2D eigenvalue weighted by Crippen LogP contribution is -2.22. The van der Waals surface area contributed by atoms with E-state index >= 15 is 0 Å². The summed E-state index contributed by atoms with van der Waals surface area (Å²) in [7, 11) is 0. The lowest BCUT2D eigenvalue weighted by Gasteiger charge is -2.20. The summed E-state index contributed by atoms with van der Waals surface area (Å²) in [4.78, 5) is 20.4. The van der Waals surface area contributed by atoms with Crippen LogP contribution in [0.3, 0.4) is 0 Å². The van der Waals surface area contributed by atoms with Gasteiger partial charge in [0.2, 0.25) is 0 Å². The Balaban J connectivity index is -0.0000000512. The Labute approximate surface area is 247 Å². The summed E-state index contributed by atoms with van der Waals surface area (Å²) in [5.41, 5.74) is 0. The van der Waals surface area contributed by atoms with Crippen LogP contribution >= 0.6 is 0 Å².